The summed E-state index contributed by atoms with van der Waals surface area (Å²) in [5.41, 5.74) is 0. The van der Waals surface area contributed by atoms with E-state index in [9.17, 15) is 4.79 Å². The molecular weight excluding hydrogens is 284 g/mol. The molecule has 0 amide bonds. The van der Waals surface area contributed by atoms with Crippen LogP contribution in [0.1, 0.15) is 96.8 Å². The Bertz CT molecular complexity index is 307. The second-order valence-electron chi connectivity index (χ2n) is 6.58. The fourth-order valence-corrected chi connectivity index (χ4v) is 2.83. The zero-order chi connectivity index (χ0) is 17.2. The van der Waals surface area contributed by atoms with Gasteiger partial charge in [0, 0.05) is 0 Å². The van der Waals surface area contributed by atoms with E-state index in [-0.39, 0.29) is 5.92 Å². The van der Waals surface area contributed by atoms with Crippen molar-refractivity contribution in [3.63, 3.8) is 0 Å². The highest BCUT2D eigenvalue weighted by molar-refractivity contribution is 5.70. The van der Waals surface area contributed by atoms with Crippen LogP contribution in [-0.4, -0.2) is 11.1 Å². The lowest BCUT2D eigenvalue weighted by Crippen LogP contribution is -2.12. The Morgan fingerprint density at radius 2 is 1.43 bits per heavy atom. The van der Waals surface area contributed by atoms with Gasteiger partial charge in [0.2, 0.25) is 0 Å². The van der Waals surface area contributed by atoms with Gasteiger partial charge in [-0.1, -0.05) is 76.5 Å². The second-order valence-corrected chi connectivity index (χ2v) is 6.58. The third kappa shape index (κ3) is 15.6. The van der Waals surface area contributed by atoms with Crippen LogP contribution < -0.4 is 0 Å². The number of unbranched alkanes of at least 4 members (excludes halogenated alkanes) is 10. The lowest BCUT2D eigenvalue weighted by Gasteiger charge is -2.09. The van der Waals surface area contributed by atoms with E-state index in [0.717, 1.165) is 19.3 Å². The summed E-state index contributed by atoms with van der Waals surface area (Å²) in [5.74, 6) is -0.910. The number of carboxylic acids is 1. The van der Waals surface area contributed by atoms with Crippen molar-refractivity contribution < 1.29 is 9.90 Å². The fourth-order valence-electron chi connectivity index (χ4n) is 2.83. The normalized spacial score (nSPS) is 12.6. The molecule has 0 aliphatic heterocycles. The first-order valence-corrected chi connectivity index (χ1v) is 9.71. The maximum absolute atomic E-state index is 11.0. The minimum absolute atomic E-state index is 0.232. The van der Waals surface area contributed by atoms with Crippen molar-refractivity contribution in [2.24, 2.45) is 5.92 Å². The molecule has 0 aromatic rings. The first kappa shape index (κ1) is 21.9. The van der Waals surface area contributed by atoms with E-state index in [0.29, 0.717) is 6.42 Å². The number of rotatable bonds is 17. The van der Waals surface area contributed by atoms with Crippen molar-refractivity contribution in [3.05, 3.63) is 24.8 Å². The molecule has 0 aromatic heterocycles. The zero-order valence-electron chi connectivity index (χ0n) is 15.3. The predicted molar refractivity (Wildman–Crippen MR) is 101 cm³/mol. The van der Waals surface area contributed by atoms with E-state index >= 15 is 0 Å². The summed E-state index contributed by atoms with van der Waals surface area (Å²) in [4.78, 5) is 11.0. The molecular formula is C21H38O2. The number of carboxylic acid groups (broad SMARTS) is 1. The average Bonchev–Trinajstić information content (AvgIpc) is 2.54. The van der Waals surface area contributed by atoms with Crippen molar-refractivity contribution in [3.8, 4) is 0 Å². The van der Waals surface area contributed by atoms with Crippen LogP contribution in [0.4, 0.5) is 0 Å². The second kappa shape index (κ2) is 17.3. The van der Waals surface area contributed by atoms with Gasteiger partial charge in [-0.2, -0.15) is 0 Å². The van der Waals surface area contributed by atoms with Crippen molar-refractivity contribution in [2.45, 2.75) is 96.8 Å². The number of aliphatic carboxylic acids is 1. The van der Waals surface area contributed by atoms with Crippen LogP contribution in [0.3, 0.4) is 0 Å². The van der Waals surface area contributed by atoms with Gasteiger partial charge in [0.15, 0.2) is 0 Å². The molecule has 2 nitrogen and oxygen atoms in total. The monoisotopic (exact) mass is 322 g/mol. The van der Waals surface area contributed by atoms with Crippen molar-refractivity contribution in [1.29, 1.82) is 0 Å². The summed E-state index contributed by atoms with van der Waals surface area (Å²) in [6, 6.07) is 0. The van der Waals surface area contributed by atoms with Gasteiger partial charge in [-0.05, 0) is 38.5 Å². The minimum Gasteiger partial charge on any atom is -0.481 e. The van der Waals surface area contributed by atoms with Gasteiger partial charge in [-0.25, -0.2) is 0 Å². The van der Waals surface area contributed by atoms with E-state index in [4.69, 9.17) is 5.11 Å². The molecule has 1 unspecified atom stereocenters. The highest BCUT2D eigenvalue weighted by Gasteiger charge is 2.14. The number of hydrogen-bond donors (Lipinski definition) is 1. The molecule has 1 atom stereocenters. The SMILES string of the molecule is C=CCC(CCCCCC/C=C\CCCCCCCC)C(=O)O. The Hall–Kier alpha value is -1.05. The van der Waals surface area contributed by atoms with Crippen molar-refractivity contribution in [2.75, 3.05) is 0 Å². The first-order valence-electron chi connectivity index (χ1n) is 9.71. The lowest BCUT2D eigenvalue weighted by molar-refractivity contribution is -0.141. The molecule has 0 bridgehead atoms. The van der Waals surface area contributed by atoms with Crippen LogP contribution in [0, 0.1) is 5.92 Å². The Morgan fingerprint density at radius 1 is 0.913 bits per heavy atom. The Balaban J connectivity index is 3.33. The summed E-state index contributed by atoms with van der Waals surface area (Å²) >= 11 is 0. The standard InChI is InChI=1S/C21H38O2/c1-3-5-6-7-8-9-10-11-12-13-14-15-16-17-19-20(18-4-2)21(22)23/h4,11-12,20H,2-3,5-10,13-19H2,1H3,(H,22,23)/b12-11-. The Labute approximate surface area is 144 Å². The average molecular weight is 323 g/mol. The van der Waals surface area contributed by atoms with Crippen LogP contribution in [0.2, 0.25) is 0 Å². The molecule has 0 aromatic carbocycles. The molecule has 0 aliphatic rings. The van der Waals surface area contributed by atoms with Crippen molar-refractivity contribution >= 4 is 5.97 Å². The van der Waals surface area contributed by atoms with E-state index in [2.05, 4.69) is 25.7 Å². The van der Waals surface area contributed by atoms with Crippen LogP contribution in [-0.2, 0) is 4.79 Å². The third-order valence-corrected chi connectivity index (χ3v) is 4.36. The largest absolute Gasteiger partial charge is 0.481 e. The molecule has 2 heteroatoms. The molecule has 0 heterocycles. The van der Waals surface area contributed by atoms with Crippen LogP contribution in [0.5, 0.6) is 0 Å². The molecule has 134 valence electrons. The van der Waals surface area contributed by atoms with Gasteiger partial charge in [0.25, 0.3) is 0 Å². The number of hydrogen-bond acceptors (Lipinski definition) is 1. The molecule has 0 aliphatic carbocycles. The lowest BCUT2D eigenvalue weighted by atomic mass is 9.97. The summed E-state index contributed by atoms with van der Waals surface area (Å²) in [6.07, 6.45) is 23.0. The maximum atomic E-state index is 11.0. The molecule has 0 fully saturated rings. The van der Waals surface area contributed by atoms with Crippen LogP contribution in [0.25, 0.3) is 0 Å². The Kier molecular flexibility index (Phi) is 16.5. The van der Waals surface area contributed by atoms with E-state index in [1.54, 1.807) is 6.08 Å². The minimum atomic E-state index is -0.678. The summed E-state index contributed by atoms with van der Waals surface area (Å²) in [5, 5.41) is 9.05. The highest BCUT2D eigenvalue weighted by Crippen LogP contribution is 2.16. The van der Waals surface area contributed by atoms with Gasteiger partial charge in [0.1, 0.15) is 0 Å². The molecule has 0 rings (SSSR count). The molecule has 0 saturated carbocycles. The highest BCUT2D eigenvalue weighted by atomic mass is 16.4. The van der Waals surface area contributed by atoms with Gasteiger partial charge >= 0.3 is 5.97 Å². The van der Waals surface area contributed by atoms with Crippen molar-refractivity contribution in [1.82, 2.24) is 0 Å². The third-order valence-electron chi connectivity index (χ3n) is 4.36. The molecule has 0 saturated heterocycles. The fraction of sp³-hybridized carbons (Fsp3) is 0.762. The molecule has 23 heavy (non-hydrogen) atoms. The molecule has 0 spiro atoms. The molecule has 1 N–H and O–H groups in total. The van der Waals surface area contributed by atoms with Gasteiger partial charge in [-0.15, -0.1) is 6.58 Å². The Morgan fingerprint density at radius 3 is 1.96 bits per heavy atom. The van der Waals surface area contributed by atoms with Gasteiger partial charge < -0.3 is 5.11 Å². The number of allylic oxidation sites excluding steroid dienone is 3. The quantitative estimate of drug-likeness (QED) is 0.233. The number of carbonyl (C=O) groups is 1. The summed E-state index contributed by atoms with van der Waals surface area (Å²) in [6.45, 7) is 5.89. The summed E-state index contributed by atoms with van der Waals surface area (Å²) in [7, 11) is 0. The maximum Gasteiger partial charge on any atom is 0.306 e. The van der Waals surface area contributed by atoms with Gasteiger partial charge in [0.05, 0.1) is 5.92 Å². The van der Waals surface area contributed by atoms with E-state index in [1.165, 1.54) is 64.2 Å². The predicted octanol–water partition coefficient (Wildman–Crippen LogP) is 6.91. The van der Waals surface area contributed by atoms with E-state index in [1.807, 2.05) is 0 Å². The van der Waals surface area contributed by atoms with E-state index < -0.39 is 5.97 Å². The van der Waals surface area contributed by atoms with Crippen LogP contribution >= 0.6 is 0 Å². The first-order chi connectivity index (χ1) is 11.2. The topological polar surface area (TPSA) is 37.3 Å². The van der Waals surface area contributed by atoms with Crippen LogP contribution in [0.15, 0.2) is 24.8 Å². The molecule has 0 radical (unpaired) electrons. The smallest absolute Gasteiger partial charge is 0.306 e. The summed E-state index contributed by atoms with van der Waals surface area (Å²) < 4.78 is 0. The zero-order valence-corrected chi connectivity index (χ0v) is 15.3. The van der Waals surface area contributed by atoms with Gasteiger partial charge in [-0.3, -0.25) is 4.79 Å².